The van der Waals surface area contributed by atoms with Crippen LogP contribution in [0.1, 0.15) is 25.3 Å². The van der Waals surface area contributed by atoms with Gasteiger partial charge in [0.25, 0.3) is 0 Å². The van der Waals surface area contributed by atoms with E-state index in [9.17, 15) is 14.0 Å². The fourth-order valence-corrected chi connectivity index (χ4v) is 2.21. The van der Waals surface area contributed by atoms with E-state index >= 15 is 0 Å². The zero-order chi connectivity index (χ0) is 18.4. The highest BCUT2D eigenvalue weighted by molar-refractivity contribution is 6.28. The smallest absolute Gasteiger partial charge is 0.332 e. The van der Waals surface area contributed by atoms with E-state index in [1.807, 2.05) is 0 Å². The molecule has 1 aliphatic rings. The van der Waals surface area contributed by atoms with Gasteiger partial charge in [0.05, 0.1) is 6.61 Å². The van der Waals surface area contributed by atoms with Crippen molar-refractivity contribution in [1.82, 2.24) is 15.8 Å². The van der Waals surface area contributed by atoms with E-state index in [2.05, 4.69) is 10.9 Å². The minimum atomic E-state index is -1.17. The first kappa shape index (κ1) is 19.1. The number of carbonyl (C=O) groups excluding carboxylic acids is 2. The van der Waals surface area contributed by atoms with Gasteiger partial charge < -0.3 is 9.64 Å². The van der Waals surface area contributed by atoms with Gasteiger partial charge in [0, 0.05) is 31.9 Å². The maximum atomic E-state index is 13.2. The molecular weight excluding hydrogens is 325 g/mol. The molecule has 0 aliphatic heterocycles. The molecule has 1 saturated carbocycles. The first-order valence-electron chi connectivity index (χ1n) is 8.28. The number of hydrazine groups is 1. The Labute approximate surface area is 147 Å². The second-order valence-electron chi connectivity index (χ2n) is 6.13. The van der Waals surface area contributed by atoms with Gasteiger partial charge in [-0.25, -0.2) is 14.6 Å². The summed E-state index contributed by atoms with van der Waals surface area (Å²) in [5.41, 5.74) is 6.60. The third-order valence-electron chi connectivity index (χ3n) is 3.60. The topological polar surface area (TPSA) is 70.7 Å². The fourth-order valence-electron chi connectivity index (χ4n) is 2.21. The highest BCUT2D eigenvalue weighted by Gasteiger charge is 2.33. The van der Waals surface area contributed by atoms with Gasteiger partial charge in [-0.1, -0.05) is 12.1 Å². The Morgan fingerprint density at radius 3 is 2.48 bits per heavy atom. The van der Waals surface area contributed by atoms with Gasteiger partial charge in [-0.3, -0.25) is 10.2 Å². The molecule has 0 amide bonds. The van der Waals surface area contributed by atoms with Gasteiger partial charge in [0.15, 0.2) is 11.8 Å². The Balaban J connectivity index is 2.28. The van der Waals surface area contributed by atoms with E-state index in [0.717, 1.165) is 12.8 Å². The van der Waals surface area contributed by atoms with Gasteiger partial charge in [-0.2, -0.15) is 0 Å². The summed E-state index contributed by atoms with van der Waals surface area (Å²) in [5.74, 6) is -1.48. The molecule has 1 aromatic carbocycles. The molecule has 6 nitrogen and oxygen atoms in total. The molecule has 1 aliphatic carbocycles. The van der Waals surface area contributed by atoms with Gasteiger partial charge in [0.2, 0.25) is 0 Å². The molecule has 0 radical (unpaired) electrons. The molecule has 1 fully saturated rings. The van der Waals surface area contributed by atoms with Gasteiger partial charge in [-0.05, 0) is 37.5 Å². The Kier molecular flexibility index (Phi) is 6.66. The van der Waals surface area contributed by atoms with Crippen LogP contribution in [0.5, 0.6) is 0 Å². The van der Waals surface area contributed by atoms with Gasteiger partial charge in [0.1, 0.15) is 5.82 Å². The standard InChI is InChI=1S/C18H24FN3O3/c1-4-25-18(24)16(21-20-14-9-10-14)17(23)15(11-22(2)3)12-5-7-13(19)8-6-12/h5-8,11,14,16,20-21H,4,9-10H2,1-3H3. The van der Waals surface area contributed by atoms with E-state index in [4.69, 9.17) is 4.74 Å². The van der Waals surface area contributed by atoms with Crippen LogP contribution in [0.15, 0.2) is 30.5 Å². The number of nitrogens with one attached hydrogen (secondary N) is 2. The second kappa shape index (κ2) is 8.73. The molecule has 0 aromatic heterocycles. The lowest BCUT2D eigenvalue weighted by Crippen LogP contribution is -2.52. The summed E-state index contributed by atoms with van der Waals surface area (Å²) in [6.07, 6.45) is 3.60. The molecule has 1 aromatic rings. The van der Waals surface area contributed by atoms with Crippen LogP contribution >= 0.6 is 0 Å². The van der Waals surface area contributed by atoms with Crippen molar-refractivity contribution in [2.75, 3.05) is 20.7 Å². The molecule has 2 N–H and O–H groups in total. The van der Waals surface area contributed by atoms with Crippen LogP contribution in [0.25, 0.3) is 5.57 Å². The largest absolute Gasteiger partial charge is 0.464 e. The van der Waals surface area contributed by atoms with Crippen molar-refractivity contribution >= 4 is 17.3 Å². The summed E-state index contributed by atoms with van der Waals surface area (Å²) in [6.45, 7) is 1.86. The van der Waals surface area contributed by atoms with E-state index in [0.29, 0.717) is 11.1 Å². The lowest BCUT2D eigenvalue weighted by molar-refractivity contribution is -0.148. The zero-order valence-electron chi connectivity index (χ0n) is 14.7. The number of hydrogen-bond donors (Lipinski definition) is 2. The summed E-state index contributed by atoms with van der Waals surface area (Å²) in [4.78, 5) is 27.0. The van der Waals surface area contributed by atoms with Crippen molar-refractivity contribution in [2.24, 2.45) is 0 Å². The number of halogens is 1. The molecule has 0 saturated heterocycles. The van der Waals surface area contributed by atoms with Gasteiger partial charge in [-0.15, -0.1) is 0 Å². The van der Waals surface area contributed by atoms with Crippen molar-refractivity contribution in [3.63, 3.8) is 0 Å². The van der Waals surface area contributed by atoms with Crippen LogP contribution in [-0.2, 0) is 14.3 Å². The van der Waals surface area contributed by atoms with Gasteiger partial charge >= 0.3 is 5.97 Å². The number of ether oxygens (including phenoxy) is 1. The van der Waals surface area contributed by atoms with E-state index in [1.165, 1.54) is 24.3 Å². The normalized spacial score (nSPS) is 15.6. The molecule has 1 atom stereocenters. The van der Waals surface area contributed by atoms with Crippen LogP contribution in [0.4, 0.5) is 4.39 Å². The van der Waals surface area contributed by atoms with Crippen LogP contribution < -0.4 is 10.9 Å². The Bertz CT molecular complexity index is 639. The fraction of sp³-hybridized carbons (Fsp3) is 0.444. The molecule has 0 spiro atoms. The van der Waals surface area contributed by atoms with E-state index < -0.39 is 23.6 Å². The third-order valence-corrected chi connectivity index (χ3v) is 3.60. The molecular formula is C18H24FN3O3. The highest BCUT2D eigenvalue weighted by Crippen LogP contribution is 2.20. The number of ketones is 1. The molecule has 7 heteroatoms. The summed E-state index contributed by atoms with van der Waals surface area (Å²) in [5, 5.41) is 0. The molecule has 0 heterocycles. The molecule has 0 bridgehead atoms. The maximum absolute atomic E-state index is 13.2. The van der Waals surface area contributed by atoms with E-state index in [-0.39, 0.29) is 12.6 Å². The average Bonchev–Trinajstić information content (AvgIpc) is 3.38. The summed E-state index contributed by atoms with van der Waals surface area (Å²) in [7, 11) is 3.54. The number of rotatable bonds is 9. The lowest BCUT2D eigenvalue weighted by Gasteiger charge is -2.19. The van der Waals surface area contributed by atoms with Crippen LogP contribution in [-0.4, -0.2) is 49.4 Å². The lowest BCUT2D eigenvalue weighted by atomic mass is 9.98. The number of benzene rings is 1. The SMILES string of the molecule is CCOC(=O)C(NNC1CC1)C(=O)C(=CN(C)C)c1ccc(F)cc1. The van der Waals surface area contributed by atoms with Crippen molar-refractivity contribution < 1.29 is 18.7 Å². The zero-order valence-corrected chi connectivity index (χ0v) is 14.7. The minimum Gasteiger partial charge on any atom is -0.464 e. The third kappa shape index (κ3) is 5.65. The first-order valence-corrected chi connectivity index (χ1v) is 8.28. The van der Waals surface area contributed by atoms with Crippen LogP contribution in [0.2, 0.25) is 0 Å². The number of Topliss-reactive ketones (excluding diaryl/α,β-unsaturated/α-hetero) is 1. The Hall–Kier alpha value is -2.25. The molecule has 2 rings (SSSR count). The predicted octanol–water partition coefficient (Wildman–Crippen LogP) is 1.49. The van der Waals surface area contributed by atoms with Crippen LogP contribution in [0, 0.1) is 5.82 Å². The predicted molar refractivity (Wildman–Crippen MR) is 92.8 cm³/mol. The Morgan fingerprint density at radius 2 is 1.96 bits per heavy atom. The van der Waals surface area contributed by atoms with Crippen molar-refractivity contribution in [2.45, 2.75) is 31.8 Å². The van der Waals surface area contributed by atoms with E-state index in [1.54, 1.807) is 32.1 Å². The quantitative estimate of drug-likeness (QED) is 0.305. The summed E-state index contributed by atoms with van der Waals surface area (Å²) < 4.78 is 18.2. The number of nitrogens with zero attached hydrogens (tertiary/aromatic N) is 1. The number of carbonyl (C=O) groups is 2. The highest BCUT2D eigenvalue weighted by atomic mass is 19.1. The van der Waals surface area contributed by atoms with Crippen molar-refractivity contribution in [3.05, 3.63) is 41.8 Å². The number of hydrogen-bond acceptors (Lipinski definition) is 6. The first-order chi connectivity index (χ1) is 11.9. The van der Waals surface area contributed by atoms with Crippen molar-refractivity contribution in [3.8, 4) is 0 Å². The monoisotopic (exact) mass is 349 g/mol. The molecule has 136 valence electrons. The Morgan fingerprint density at radius 1 is 1.32 bits per heavy atom. The minimum absolute atomic E-state index is 0.178. The summed E-state index contributed by atoms with van der Waals surface area (Å²) in [6, 6.07) is 4.68. The average molecular weight is 349 g/mol. The second-order valence-corrected chi connectivity index (χ2v) is 6.13. The van der Waals surface area contributed by atoms with Crippen molar-refractivity contribution in [1.29, 1.82) is 0 Å². The molecule has 1 unspecified atom stereocenters. The summed E-state index contributed by atoms with van der Waals surface area (Å²) >= 11 is 0. The maximum Gasteiger partial charge on any atom is 0.332 e. The number of esters is 1. The van der Waals surface area contributed by atoms with Crippen LogP contribution in [0.3, 0.4) is 0 Å². The molecule has 25 heavy (non-hydrogen) atoms.